The second-order valence-corrected chi connectivity index (χ2v) is 13.6. The van der Waals surface area contributed by atoms with Crippen LogP contribution in [-0.2, 0) is 25.6 Å². The summed E-state index contributed by atoms with van der Waals surface area (Å²) in [6, 6.07) is 7.22. The molecule has 4 saturated carbocycles. The maximum atomic E-state index is 14.1. The fraction of sp³-hybridized carbons (Fsp3) is 0.677. The van der Waals surface area contributed by atoms with Gasteiger partial charge in [-0.3, -0.25) is 19.2 Å². The van der Waals surface area contributed by atoms with Gasteiger partial charge in [0.25, 0.3) is 0 Å². The number of carbonyl (C=O) groups is 4. The molecule has 0 spiro atoms. The first-order valence-corrected chi connectivity index (χ1v) is 16.4. The van der Waals surface area contributed by atoms with Crippen LogP contribution in [0.2, 0.25) is 0 Å². The molecular weight excluding hydrogens is 538 g/mol. The quantitative estimate of drug-likeness (QED) is 0.263. The van der Waals surface area contributed by atoms with Crippen molar-refractivity contribution in [2.75, 3.05) is 18.6 Å². The highest BCUT2D eigenvalue weighted by Gasteiger charge is 2.52. The van der Waals surface area contributed by atoms with E-state index in [2.05, 4.69) is 10.6 Å². The Hall–Kier alpha value is -2.59. The van der Waals surface area contributed by atoms with Crippen LogP contribution in [0.15, 0.2) is 30.3 Å². The molecule has 4 amide bonds. The lowest BCUT2D eigenvalue weighted by atomic mass is 9.53. The molecule has 1 aromatic rings. The minimum atomic E-state index is -0.807. The van der Waals surface area contributed by atoms with E-state index in [1.54, 1.807) is 16.7 Å². The van der Waals surface area contributed by atoms with Crippen molar-refractivity contribution < 1.29 is 19.2 Å². The van der Waals surface area contributed by atoms with Crippen LogP contribution in [0.1, 0.15) is 57.9 Å². The molecule has 41 heavy (non-hydrogen) atoms. The van der Waals surface area contributed by atoms with Gasteiger partial charge in [-0.25, -0.2) is 0 Å². The summed E-state index contributed by atoms with van der Waals surface area (Å²) < 4.78 is 0. The summed E-state index contributed by atoms with van der Waals surface area (Å²) in [5.41, 5.74) is 12.9. The van der Waals surface area contributed by atoms with Gasteiger partial charge in [0.15, 0.2) is 0 Å². The number of nitrogens with two attached hydrogens (primary N) is 2. The number of nitrogens with zero attached hydrogens (tertiary/aromatic N) is 1. The molecule has 0 saturated heterocycles. The largest absolute Gasteiger partial charge is 0.368 e. The zero-order valence-electron chi connectivity index (χ0n) is 24.6. The molecule has 4 fully saturated rings. The number of carbonyl (C=O) groups excluding carboxylic acids is 4. The standard InChI is InChI=1S/C31H47N5O4S/c1-18(2)27(32)31(40)35-24(9-10-41-3)30(39)34-17-26(37)36(25(29(33)38)16-19-7-5-4-6-8-19)28-22-12-20-11-21(14-22)15-23(28)13-20/h4-8,18,20-25,27-28H,9-17,32H2,1-3H3,(H2,33,38)(H,34,39)(H,35,40)/t20?,21?,22?,23?,24-,25+,27+,28?/m1/s1. The van der Waals surface area contributed by atoms with Crippen molar-refractivity contribution in [3.8, 4) is 0 Å². The monoisotopic (exact) mass is 585 g/mol. The molecule has 3 atom stereocenters. The molecule has 4 aliphatic rings. The fourth-order valence-electron chi connectivity index (χ4n) is 7.52. The van der Waals surface area contributed by atoms with E-state index in [0.29, 0.717) is 42.3 Å². The molecule has 5 rings (SSSR count). The van der Waals surface area contributed by atoms with Gasteiger partial charge in [-0.2, -0.15) is 11.8 Å². The van der Waals surface area contributed by atoms with Crippen LogP contribution in [0.3, 0.4) is 0 Å². The highest BCUT2D eigenvalue weighted by atomic mass is 32.2. The van der Waals surface area contributed by atoms with E-state index in [1.807, 2.05) is 50.4 Å². The minimum Gasteiger partial charge on any atom is -0.368 e. The normalized spacial score (nSPS) is 26.7. The SMILES string of the molecule is CSCC[C@@H](NC(=O)[C@@H](N)C(C)C)C(=O)NCC(=O)N(C1C2CC3CC(C2)CC1C3)[C@@H](Cc1ccccc1)C(N)=O. The molecular formula is C31H47N5O4S. The second-order valence-electron chi connectivity index (χ2n) is 12.7. The van der Waals surface area contributed by atoms with Crippen LogP contribution < -0.4 is 22.1 Å². The number of hydrogen-bond acceptors (Lipinski definition) is 6. The van der Waals surface area contributed by atoms with Crippen molar-refractivity contribution in [3.05, 3.63) is 35.9 Å². The van der Waals surface area contributed by atoms with Gasteiger partial charge in [0.1, 0.15) is 12.1 Å². The smallest absolute Gasteiger partial charge is 0.243 e. The van der Waals surface area contributed by atoms with Crippen molar-refractivity contribution in [1.29, 1.82) is 0 Å². The van der Waals surface area contributed by atoms with Crippen LogP contribution in [0.5, 0.6) is 0 Å². The van der Waals surface area contributed by atoms with Crippen LogP contribution in [0.4, 0.5) is 0 Å². The van der Waals surface area contributed by atoms with Crippen LogP contribution in [-0.4, -0.2) is 71.2 Å². The molecule has 1 aromatic carbocycles. The third-order valence-electron chi connectivity index (χ3n) is 9.40. The summed E-state index contributed by atoms with van der Waals surface area (Å²) in [6.07, 6.45) is 8.24. The first-order valence-electron chi connectivity index (χ1n) is 15.1. The summed E-state index contributed by atoms with van der Waals surface area (Å²) in [7, 11) is 0. The fourth-order valence-corrected chi connectivity index (χ4v) is 8.00. The maximum Gasteiger partial charge on any atom is 0.243 e. The maximum absolute atomic E-state index is 14.1. The predicted octanol–water partition coefficient (Wildman–Crippen LogP) is 2.07. The third-order valence-corrected chi connectivity index (χ3v) is 10.0. The van der Waals surface area contributed by atoms with Crippen LogP contribution >= 0.6 is 11.8 Å². The van der Waals surface area contributed by atoms with Crippen molar-refractivity contribution in [2.45, 2.75) is 83.0 Å². The predicted molar refractivity (Wildman–Crippen MR) is 162 cm³/mol. The Balaban J connectivity index is 1.53. The zero-order valence-corrected chi connectivity index (χ0v) is 25.4. The first-order chi connectivity index (χ1) is 19.6. The number of nitrogens with one attached hydrogen (secondary N) is 2. The number of thioether (sulfide) groups is 1. The average Bonchev–Trinajstić information content (AvgIpc) is 2.94. The summed E-state index contributed by atoms with van der Waals surface area (Å²) >= 11 is 1.57. The van der Waals surface area contributed by atoms with E-state index in [0.717, 1.165) is 31.2 Å². The molecule has 226 valence electrons. The number of benzene rings is 1. The molecule has 6 N–H and O–H groups in total. The Morgan fingerprint density at radius 2 is 1.59 bits per heavy atom. The lowest BCUT2D eigenvalue weighted by Gasteiger charge is -2.58. The van der Waals surface area contributed by atoms with E-state index >= 15 is 0 Å². The topological polar surface area (TPSA) is 148 Å². The van der Waals surface area contributed by atoms with E-state index in [1.165, 1.54) is 6.42 Å². The Bertz CT molecular complexity index is 1060. The van der Waals surface area contributed by atoms with Gasteiger partial charge in [0.2, 0.25) is 23.6 Å². The van der Waals surface area contributed by atoms with Crippen LogP contribution in [0, 0.1) is 29.6 Å². The molecule has 4 aliphatic carbocycles. The van der Waals surface area contributed by atoms with Crippen molar-refractivity contribution >= 4 is 35.4 Å². The van der Waals surface area contributed by atoms with E-state index in [9.17, 15) is 19.2 Å². The summed E-state index contributed by atoms with van der Waals surface area (Å²) in [6.45, 7) is 3.44. The van der Waals surface area contributed by atoms with Crippen LogP contribution in [0.25, 0.3) is 0 Å². The Morgan fingerprint density at radius 3 is 2.12 bits per heavy atom. The van der Waals surface area contributed by atoms with Gasteiger partial charge in [-0.1, -0.05) is 44.2 Å². The van der Waals surface area contributed by atoms with Crippen molar-refractivity contribution in [1.82, 2.24) is 15.5 Å². The van der Waals surface area contributed by atoms with Gasteiger partial charge in [0, 0.05) is 12.5 Å². The molecule has 0 aromatic heterocycles. The minimum absolute atomic E-state index is 0.0653. The van der Waals surface area contributed by atoms with Gasteiger partial charge in [0.05, 0.1) is 12.6 Å². The van der Waals surface area contributed by atoms with E-state index in [-0.39, 0.29) is 30.3 Å². The van der Waals surface area contributed by atoms with Gasteiger partial charge < -0.3 is 27.0 Å². The van der Waals surface area contributed by atoms with Gasteiger partial charge >= 0.3 is 0 Å². The average molecular weight is 586 g/mol. The molecule has 4 bridgehead atoms. The highest BCUT2D eigenvalue weighted by molar-refractivity contribution is 7.98. The first kappa shape index (κ1) is 31.3. The van der Waals surface area contributed by atoms with E-state index < -0.39 is 29.9 Å². The number of rotatable bonds is 14. The molecule has 0 heterocycles. The number of primary amides is 1. The van der Waals surface area contributed by atoms with Crippen molar-refractivity contribution in [2.24, 2.45) is 41.1 Å². The van der Waals surface area contributed by atoms with E-state index in [4.69, 9.17) is 11.5 Å². The lowest BCUT2D eigenvalue weighted by Crippen LogP contribution is -2.64. The zero-order chi connectivity index (χ0) is 29.7. The summed E-state index contributed by atoms with van der Waals surface area (Å²) in [5.74, 6) is 1.01. The molecule has 9 nitrogen and oxygen atoms in total. The lowest BCUT2D eigenvalue weighted by molar-refractivity contribution is -0.153. The summed E-state index contributed by atoms with van der Waals surface area (Å²) in [4.78, 5) is 54.7. The molecule has 0 radical (unpaired) electrons. The third kappa shape index (κ3) is 7.63. The molecule has 10 heteroatoms. The van der Waals surface area contributed by atoms with Gasteiger partial charge in [-0.15, -0.1) is 0 Å². The van der Waals surface area contributed by atoms with Gasteiger partial charge in [-0.05, 0) is 85.7 Å². The van der Waals surface area contributed by atoms with Crippen molar-refractivity contribution in [3.63, 3.8) is 0 Å². The molecule has 0 aliphatic heterocycles. The molecule has 0 unspecified atom stereocenters. The Kier molecular flexibility index (Phi) is 10.7. The second kappa shape index (κ2) is 14.1. The Labute approximate surface area is 248 Å². The number of amides is 4. The summed E-state index contributed by atoms with van der Waals surface area (Å²) in [5, 5.41) is 5.55. The highest BCUT2D eigenvalue weighted by Crippen LogP contribution is 2.55. The Morgan fingerprint density at radius 1 is 0.976 bits per heavy atom. The number of hydrogen-bond donors (Lipinski definition) is 4.